The first kappa shape index (κ1) is 14.9. The molecule has 1 aliphatic heterocycles. The molecule has 1 aromatic carbocycles. The summed E-state index contributed by atoms with van der Waals surface area (Å²) < 4.78 is 0. The lowest BCUT2D eigenvalue weighted by Gasteiger charge is -2.34. The van der Waals surface area contributed by atoms with Crippen molar-refractivity contribution in [2.75, 3.05) is 18.1 Å². The Hall–Kier alpha value is -1.53. The number of carbonyl (C=O) groups excluding carboxylic acids is 1. The van der Waals surface area contributed by atoms with Gasteiger partial charge in [0.25, 0.3) is 5.91 Å². The smallest absolute Gasteiger partial charge is 0.305 e. The second kappa shape index (κ2) is 6.76. The first-order valence-corrected chi connectivity index (χ1v) is 7.67. The number of hydrogen-bond acceptors (Lipinski definition) is 4. The quantitative estimate of drug-likeness (QED) is 0.871. The summed E-state index contributed by atoms with van der Waals surface area (Å²) in [6, 6.07) is 6.94. The number of thioether (sulfide) groups is 1. The molecule has 0 aromatic heterocycles. The van der Waals surface area contributed by atoms with Crippen LogP contribution in [0.3, 0.4) is 0 Å². The van der Waals surface area contributed by atoms with Crippen LogP contribution in [-0.2, 0) is 11.3 Å². The molecule has 6 heteroatoms. The molecule has 3 N–H and O–H groups in total. The SMILES string of the molecule is NCc1ccc(C(=O)N2CCSCC2CC(=O)O)cc1. The van der Waals surface area contributed by atoms with Gasteiger partial charge in [-0.2, -0.15) is 11.8 Å². The Bertz CT molecular complexity index is 490. The van der Waals surface area contributed by atoms with Crippen LogP contribution in [0.25, 0.3) is 0 Å². The summed E-state index contributed by atoms with van der Waals surface area (Å²) in [7, 11) is 0. The van der Waals surface area contributed by atoms with Crippen molar-refractivity contribution >= 4 is 23.6 Å². The van der Waals surface area contributed by atoms with Crippen molar-refractivity contribution in [1.29, 1.82) is 0 Å². The van der Waals surface area contributed by atoms with Gasteiger partial charge in [-0.05, 0) is 17.7 Å². The van der Waals surface area contributed by atoms with Crippen LogP contribution < -0.4 is 5.73 Å². The van der Waals surface area contributed by atoms with Gasteiger partial charge in [0.05, 0.1) is 12.5 Å². The monoisotopic (exact) mass is 294 g/mol. The Kier molecular flexibility index (Phi) is 5.03. The van der Waals surface area contributed by atoms with E-state index in [2.05, 4.69) is 0 Å². The lowest BCUT2D eigenvalue weighted by molar-refractivity contribution is -0.138. The fraction of sp³-hybridized carbons (Fsp3) is 0.429. The predicted molar refractivity (Wildman–Crippen MR) is 78.7 cm³/mol. The minimum Gasteiger partial charge on any atom is -0.481 e. The Morgan fingerprint density at radius 3 is 2.65 bits per heavy atom. The number of carboxylic acids is 1. The summed E-state index contributed by atoms with van der Waals surface area (Å²) >= 11 is 1.69. The van der Waals surface area contributed by atoms with Crippen molar-refractivity contribution in [3.63, 3.8) is 0 Å². The molecule has 0 aliphatic carbocycles. The summed E-state index contributed by atoms with van der Waals surface area (Å²) in [6.07, 6.45) is -0.000373. The van der Waals surface area contributed by atoms with E-state index in [1.165, 1.54) is 0 Å². The van der Waals surface area contributed by atoms with E-state index < -0.39 is 5.97 Å². The Morgan fingerprint density at radius 2 is 2.05 bits per heavy atom. The van der Waals surface area contributed by atoms with Crippen molar-refractivity contribution in [3.8, 4) is 0 Å². The maximum Gasteiger partial charge on any atom is 0.305 e. The number of amides is 1. The van der Waals surface area contributed by atoms with E-state index in [-0.39, 0.29) is 18.4 Å². The molecule has 1 amide bonds. The van der Waals surface area contributed by atoms with Crippen molar-refractivity contribution in [3.05, 3.63) is 35.4 Å². The van der Waals surface area contributed by atoms with E-state index in [0.29, 0.717) is 24.4 Å². The third-order valence-corrected chi connectivity index (χ3v) is 4.43. The minimum absolute atomic E-state index is 0.000373. The average molecular weight is 294 g/mol. The Morgan fingerprint density at radius 1 is 1.35 bits per heavy atom. The molecule has 5 nitrogen and oxygen atoms in total. The lowest BCUT2D eigenvalue weighted by Crippen LogP contribution is -2.47. The normalized spacial score (nSPS) is 18.9. The molecule has 0 bridgehead atoms. The van der Waals surface area contributed by atoms with Gasteiger partial charge in [0.15, 0.2) is 0 Å². The van der Waals surface area contributed by atoms with Crippen LogP contribution in [0, 0.1) is 0 Å². The van der Waals surface area contributed by atoms with Crippen LogP contribution in [0.5, 0.6) is 0 Å². The zero-order chi connectivity index (χ0) is 14.5. The molecule has 1 aliphatic rings. The average Bonchev–Trinajstić information content (AvgIpc) is 2.46. The molecule has 0 radical (unpaired) electrons. The van der Waals surface area contributed by atoms with E-state index in [4.69, 9.17) is 10.8 Å². The summed E-state index contributed by atoms with van der Waals surface area (Å²) in [6.45, 7) is 1.04. The standard InChI is InChI=1S/C14H18N2O3S/c15-8-10-1-3-11(4-2-10)14(19)16-5-6-20-9-12(16)7-13(17)18/h1-4,12H,5-9,15H2,(H,17,18). The van der Waals surface area contributed by atoms with Gasteiger partial charge in [-0.3, -0.25) is 9.59 Å². The van der Waals surface area contributed by atoms with E-state index in [1.807, 2.05) is 12.1 Å². The second-order valence-corrected chi connectivity index (χ2v) is 5.88. The Labute approximate surface area is 122 Å². The van der Waals surface area contributed by atoms with Gasteiger partial charge in [0.1, 0.15) is 0 Å². The van der Waals surface area contributed by atoms with Crippen LogP contribution in [0.4, 0.5) is 0 Å². The number of nitrogens with zero attached hydrogens (tertiary/aromatic N) is 1. The van der Waals surface area contributed by atoms with E-state index >= 15 is 0 Å². The third kappa shape index (κ3) is 3.52. The van der Waals surface area contributed by atoms with Crippen molar-refractivity contribution in [2.24, 2.45) is 5.73 Å². The molecule has 1 unspecified atom stereocenters. The first-order chi connectivity index (χ1) is 9.61. The van der Waals surface area contributed by atoms with Gasteiger partial charge in [-0.15, -0.1) is 0 Å². The molecule has 1 aromatic rings. The molecule has 1 saturated heterocycles. The van der Waals surface area contributed by atoms with Gasteiger partial charge in [-0.1, -0.05) is 12.1 Å². The van der Waals surface area contributed by atoms with Crippen LogP contribution in [0.15, 0.2) is 24.3 Å². The number of hydrogen-bond donors (Lipinski definition) is 2. The molecule has 0 spiro atoms. The molecule has 1 heterocycles. The molecular weight excluding hydrogens is 276 g/mol. The van der Waals surface area contributed by atoms with E-state index in [9.17, 15) is 9.59 Å². The molecule has 2 rings (SSSR count). The molecule has 20 heavy (non-hydrogen) atoms. The fourth-order valence-corrected chi connectivity index (χ4v) is 3.30. The maximum atomic E-state index is 12.5. The summed E-state index contributed by atoms with van der Waals surface area (Å²) in [5.74, 6) is 0.565. The predicted octanol–water partition coefficient (Wildman–Crippen LogP) is 1.18. The topological polar surface area (TPSA) is 83.6 Å². The highest BCUT2D eigenvalue weighted by Gasteiger charge is 2.29. The summed E-state index contributed by atoms with van der Waals surface area (Å²) in [4.78, 5) is 25.1. The first-order valence-electron chi connectivity index (χ1n) is 6.51. The highest BCUT2D eigenvalue weighted by molar-refractivity contribution is 7.99. The third-order valence-electron chi connectivity index (χ3n) is 3.34. The van der Waals surface area contributed by atoms with E-state index in [1.54, 1.807) is 28.8 Å². The van der Waals surface area contributed by atoms with Crippen LogP contribution in [0.1, 0.15) is 22.3 Å². The molecule has 0 saturated carbocycles. The van der Waals surface area contributed by atoms with Gasteiger partial charge < -0.3 is 15.7 Å². The number of carbonyl (C=O) groups is 2. The molecule has 1 fully saturated rings. The summed E-state index contributed by atoms with van der Waals surface area (Å²) in [5, 5.41) is 8.94. The van der Waals surface area contributed by atoms with Crippen LogP contribution in [0.2, 0.25) is 0 Å². The number of aliphatic carboxylic acids is 1. The largest absolute Gasteiger partial charge is 0.481 e. The highest BCUT2D eigenvalue weighted by Crippen LogP contribution is 2.21. The van der Waals surface area contributed by atoms with Gasteiger partial charge >= 0.3 is 5.97 Å². The molecule has 108 valence electrons. The highest BCUT2D eigenvalue weighted by atomic mass is 32.2. The van der Waals surface area contributed by atoms with Crippen LogP contribution in [-0.4, -0.2) is 46.0 Å². The van der Waals surface area contributed by atoms with Crippen LogP contribution >= 0.6 is 11.8 Å². The van der Waals surface area contributed by atoms with E-state index in [0.717, 1.165) is 11.3 Å². The lowest BCUT2D eigenvalue weighted by atomic mass is 10.1. The van der Waals surface area contributed by atoms with Gasteiger partial charge in [0, 0.05) is 30.2 Å². The number of carboxylic acid groups (broad SMARTS) is 1. The van der Waals surface area contributed by atoms with Crippen molar-refractivity contribution < 1.29 is 14.7 Å². The Balaban J connectivity index is 2.13. The van der Waals surface area contributed by atoms with Crippen molar-refractivity contribution in [2.45, 2.75) is 19.0 Å². The van der Waals surface area contributed by atoms with Gasteiger partial charge in [0.2, 0.25) is 0 Å². The second-order valence-electron chi connectivity index (χ2n) is 4.73. The zero-order valence-corrected chi connectivity index (χ0v) is 11.9. The minimum atomic E-state index is -0.867. The maximum absolute atomic E-state index is 12.5. The zero-order valence-electron chi connectivity index (χ0n) is 11.1. The number of rotatable bonds is 4. The number of nitrogens with two attached hydrogens (primary N) is 1. The molecular formula is C14H18N2O3S. The van der Waals surface area contributed by atoms with Gasteiger partial charge in [-0.25, -0.2) is 0 Å². The molecule has 1 atom stereocenters. The number of benzene rings is 1. The summed E-state index contributed by atoms with van der Waals surface area (Å²) in [5.41, 5.74) is 7.09. The van der Waals surface area contributed by atoms with Crippen molar-refractivity contribution in [1.82, 2.24) is 4.90 Å². The fourth-order valence-electron chi connectivity index (χ4n) is 2.24.